The minimum atomic E-state index is -4.64. The highest BCUT2D eigenvalue weighted by atomic mass is 31.2. The minimum absolute atomic E-state index is 0.0961. The number of hydrogen-bond donors (Lipinski definition) is 4. The molecule has 4 atom stereocenters. The van der Waals surface area contributed by atoms with E-state index >= 15 is 0 Å². The van der Waals surface area contributed by atoms with Gasteiger partial charge in [0, 0.05) is 12.8 Å². The van der Waals surface area contributed by atoms with E-state index in [2.05, 4.69) is 54.8 Å². The van der Waals surface area contributed by atoms with Crippen LogP contribution in [0, 0.1) is 5.92 Å². The maximum absolute atomic E-state index is 12.6. The number of aliphatic hydroxyl groups is 3. The predicted octanol–water partition coefficient (Wildman–Crippen LogP) is 10.2. The average molecular weight is 815 g/mol. The number of aliphatic hydroxyl groups excluding tert-OH is 3. The van der Waals surface area contributed by atoms with Crippen molar-refractivity contribution in [3.05, 3.63) is 48.6 Å². The van der Waals surface area contributed by atoms with Gasteiger partial charge in [-0.05, 0) is 70.6 Å². The molecule has 12 heteroatoms. The molecule has 1 unspecified atom stereocenters. The fourth-order valence-corrected chi connectivity index (χ4v) is 6.39. The molecule has 0 aromatic rings. The molecule has 0 saturated carbocycles. The summed E-state index contributed by atoms with van der Waals surface area (Å²) in [7, 11) is -4.64. The first kappa shape index (κ1) is 53.9. The van der Waals surface area contributed by atoms with E-state index < -0.39 is 51.8 Å². The molecule has 0 aliphatic rings. The Morgan fingerprint density at radius 2 is 1.04 bits per heavy atom. The number of hydrogen-bond acceptors (Lipinski definition) is 10. The molecule has 0 aromatic carbocycles. The summed E-state index contributed by atoms with van der Waals surface area (Å²) in [4.78, 5) is 34.9. The Morgan fingerprint density at radius 3 is 1.55 bits per heavy atom. The highest BCUT2D eigenvalue weighted by Gasteiger charge is 2.27. The lowest BCUT2D eigenvalue weighted by atomic mass is 10.0. The molecule has 0 saturated heterocycles. The molecular weight excluding hydrogens is 735 g/mol. The Morgan fingerprint density at radius 1 is 0.571 bits per heavy atom. The number of carbonyl (C=O) groups excluding carboxylic acids is 2. The summed E-state index contributed by atoms with van der Waals surface area (Å²) in [5.74, 6) is -0.203. The molecule has 4 N–H and O–H groups in total. The van der Waals surface area contributed by atoms with E-state index in [1.54, 1.807) is 0 Å². The number of rotatable bonds is 39. The van der Waals surface area contributed by atoms with E-state index in [9.17, 15) is 29.3 Å². The monoisotopic (exact) mass is 815 g/mol. The number of unbranched alkanes of at least 4 members (excludes halogenated alkanes) is 13. The van der Waals surface area contributed by atoms with Gasteiger partial charge in [0.05, 0.1) is 25.9 Å². The zero-order chi connectivity index (χ0) is 41.5. The Balaban J connectivity index is 4.40. The van der Waals surface area contributed by atoms with Gasteiger partial charge in [-0.2, -0.15) is 0 Å². The van der Waals surface area contributed by atoms with Crippen molar-refractivity contribution in [1.82, 2.24) is 0 Å². The SMILES string of the molecule is CC(C)CCCCCCCCCCCCCCC(=O)OC[C@H](COP(=O)(O)OC[C@@H](O)CO)OC(=O)CCC/C=C\C/C=C\C/C=C\C/C=C\CCC[C@H](C)O. The lowest BCUT2D eigenvalue weighted by Crippen LogP contribution is -2.29. The zero-order valence-electron chi connectivity index (χ0n) is 35.1. The van der Waals surface area contributed by atoms with Gasteiger partial charge in [0.15, 0.2) is 6.10 Å². The standard InChI is InChI=1S/C44H79O11P/c1-39(2)31-27-23-19-15-11-9-10-13-17-21-25-29-33-43(48)52-37-42(38-54-56(50,51)53-36-41(47)35-45)55-44(49)34-30-26-22-18-14-8-6-4-5-7-12-16-20-24-28-32-40(3)46/h5-8,16,18,20,22,39-42,45-47H,4,9-15,17,19,21,23-38H2,1-3H3,(H,50,51)/b7-5-,8-6-,20-16-,22-18-/t40-,41-,42+/m0/s1. The van der Waals surface area contributed by atoms with Crippen LogP contribution in [0.2, 0.25) is 0 Å². The highest BCUT2D eigenvalue weighted by Crippen LogP contribution is 2.43. The van der Waals surface area contributed by atoms with Crippen molar-refractivity contribution in [3.63, 3.8) is 0 Å². The minimum Gasteiger partial charge on any atom is -0.462 e. The topological polar surface area (TPSA) is 169 Å². The highest BCUT2D eigenvalue weighted by molar-refractivity contribution is 7.47. The summed E-state index contributed by atoms with van der Waals surface area (Å²) in [6, 6.07) is 0. The third-order valence-corrected chi connectivity index (χ3v) is 9.88. The van der Waals surface area contributed by atoms with Crippen molar-refractivity contribution >= 4 is 19.8 Å². The van der Waals surface area contributed by atoms with Crippen molar-refractivity contribution < 1.29 is 52.9 Å². The van der Waals surface area contributed by atoms with Gasteiger partial charge in [0.25, 0.3) is 0 Å². The largest absolute Gasteiger partial charge is 0.472 e. The van der Waals surface area contributed by atoms with Crippen LogP contribution in [0.4, 0.5) is 0 Å². The Kier molecular flexibility index (Phi) is 37.0. The maximum Gasteiger partial charge on any atom is 0.472 e. The molecule has 326 valence electrons. The average Bonchev–Trinajstić information content (AvgIpc) is 3.16. The zero-order valence-corrected chi connectivity index (χ0v) is 36.0. The van der Waals surface area contributed by atoms with Gasteiger partial charge < -0.3 is 29.7 Å². The van der Waals surface area contributed by atoms with Crippen LogP contribution in [0.3, 0.4) is 0 Å². The molecule has 0 radical (unpaired) electrons. The van der Waals surface area contributed by atoms with Crippen molar-refractivity contribution in [2.45, 2.75) is 187 Å². The van der Waals surface area contributed by atoms with E-state index in [1.165, 1.54) is 57.8 Å². The third kappa shape index (κ3) is 40.1. The summed E-state index contributed by atoms with van der Waals surface area (Å²) < 4.78 is 32.6. The van der Waals surface area contributed by atoms with E-state index in [0.29, 0.717) is 19.3 Å². The van der Waals surface area contributed by atoms with Crippen LogP contribution in [0.15, 0.2) is 48.6 Å². The van der Waals surface area contributed by atoms with Crippen molar-refractivity contribution in [1.29, 1.82) is 0 Å². The molecule has 0 rings (SSSR count). The fraction of sp³-hybridized carbons (Fsp3) is 0.773. The van der Waals surface area contributed by atoms with Crippen LogP contribution in [-0.4, -0.2) is 76.9 Å². The van der Waals surface area contributed by atoms with Gasteiger partial charge in [-0.1, -0.05) is 140 Å². The molecule has 56 heavy (non-hydrogen) atoms. The molecule has 0 aromatic heterocycles. The van der Waals surface area contributed by atoms with Crippen LogP contribution in [-0.2, 0) is 32.7 Å². The number of allylic oxidation sites excluding steroid dienone is 8. The Bertz CT molecular complexity index is 1100. The second-order valence-electron chi connectivity index (χ2n) is 15.1. The van der Waals surface area contributed by atoms with Gasteiger partial charge >= 0.3 is 19.8 Å². The van der Waals surface area contributed by atoms with E-state index in [1.807, 2.05) is 19.1 Å². The molecule has 0 aliphatic heterocycles. The molecular formula is C44H79O11P. The molecule has 0 spiro atoms. The molecule has 11 nitrogen and oxygen atoms in total. The second-order valence-corrected chi connectivity index (χ2v) is 16.6. The number of ether oxygens (including phenoxy) is 2. The fourth-order valence-electron chi connectivity index (χ4n) is 5.60. The van der Waals surface area contributed by atoms with Crippen LogP contribution >= 0.6 is 7.82 Å². The van der Waals surface area contributed by atoms with Crippen LogP contribution < -0.4 is 0 Å². The number of esters is 2. The van der Waals surface area contributed by atoms with E-state index in [0.717, 1.165) is 63.7 Å². The first-order valence-electron chi connectivity index (χ1n) is 21.5. The first-order valence-corrected chi connectivity index (χ1v) is 23.0. The van der Waals surface area contributed by atoms with Gasteiger partial charge in [0.1, 0.15) is 12.7 Å². The first-order chi connectivity index (χ1) is 26.9. The van der Waals surface area contributed by atoms with Crippen molar-refractivity contribution in [2.75, 3.05) is 26.4 Å². The summed E-state index contributed by atoms with van der Waals surface area (Å²) in [6.45, 7) is 4.18. The van der Waals surface area contributed by atoms with E-state index in [-0.39, 0.29) is 25.6 Å². The third-order valence-electron chi connectivity index (χ3n) is 8.93. The van der Waals surface area contributed by atoms with Crippen LogP contribution in [0.5, 0.6) is 0 Å². The van der Waals surface area contributed by atoms with Crippen LogP contribution in [0.1, 0.15) is 168 Å². The molecule has 0 aliphatic carbocycles. The lowest BCUT2D eigenvalue weighted by molar-refractivity contribution is -0.161. The van der Waals surface area contributed by atoms with E-state index in [4.69, 9.17) is 19.1 Å². The normalized spacial score (nSPS) is 15.0. The smallest absolute Gasteiger partial charge is 0.462 e. The quantitative estimate of drug-likeness (QED) is 0.0202. The summed E-state index contributed by atoms with van der Waals surface area (Å²) >= 11 is 0. The Hall–Kier alpha value is -2.11. The summed E-state index contributed by atoms with van der Waals surface area (Å²) in [5, 5.41) is 27.6. The van der Waals surface area contributed by atoms with Gasteiger partial charge in [-0.25, -0.2) is 4.57 Å². The number of carbonyl (C=O) groups is 2. The van der Waals surface area contributed by atoms with Gasteiger partial charge in [0.2, 0.25) is 0 Å². The Labute approximate surface area is 339 Å². The van der Waals surface area contributed by atoms with Gasteiger partial charge in [-0.15, -0.1) is 0 Å². The van der Waals surface area contributed by atoms with Gasteiger partial charge in [-0.3, -0.25) is 18.6 Å². The summed E-state index contributed by atoms with van der Waals surface area (Å²) in [5.41, 5.74) is 0. The van der Waals surface area contributed by atoms with Crippen LogP contribution in [0.25, 0.3) is 0 Å². The second kappa shape index (κ2) is 38.4. The van der Waals surface area contributed by atoms with Crippen molar-refractivity contribution in [3.8, 4) is 0 Å². The molecule has 0 fully saturated rings. The molecule has 0 amide bonds. The van der Waals surface area contributed by atoms with Crippen molar-refractivity contribution in [2.24, 2.45) is 5.92 Å². The summed E-state index contributed by atoms with van der Waals surface area (Å²) in [6.07, 6.45) is 36.5. The maximum atomic E-state index is 12.6. The molecule has 0 heterocycles. The number of phosphoric ester groups is 1. The predicted molar refractivity (Wildman–Crippen MR) is 225 cm³/mol. The molecule has 0 bridgehead atoms. The number of phosphoric acid groups is 1. The lowest BCUT2D eigenvalue weighted by Gasteiger charge is -2.20.